The van der Waals surface area contributed by atoms with Crippen molar-refractivity contribution in [2.75, 3.05) is 50.9 Å². The molecule has 1 aromatic carbocycles. The van der Waals surface area contributed by atoms with Crippen LogP contribution in [0.15, 0.2) is 24.4 Å². The topological polar surface area (TPSA) is 68.5 Å². The molecule has 6 rings (SSSR count). The zero-order chi connectivity index (χ0) is 23.2. The number of aryl methyl sites for hydroxylation is 2. The number of aromatic nitrogens is 4. The van der Waals surface area contributed by atoms with Gasteiger partial charge in [-0.3, -0.25) is 4.90 Å². The normalized spacial score (nSPS) is 22.9. The van der Waals surface area contributed by atoms with Gasteiger partial charge in [-0.1, -0.05) is 0 Å². The Bertz CT molecular complexity index is 1180. The molecule has 0 spiro atoms. The number of fused-ring (bicyclic) bond motifs is 1. The summed E-state index contributed by atoms with van der Waals surface area (Å²) in [5, 5.41) is 5.91. The molecule has 0 N–H and O–H groups in total. The summed E-state index contributed by atoms with van der Waals surface area (Å²) in [7, 11) is 0. The fraction of sp³-hybridized carbons (Fsp3) is 0.577. The molecule has 0 amide bonds. The highest BCUT2D eigenvalue weighted by Gasteiger charge is 2.30. The van der Waals surface area contributed by atoms with E-state index in [2.05, 4.69) is 41.8 Å². The van der Waals surface area contributed by atoms with Crippen molar-refractivity contribution in [3.63, 3.8) is 0 Å². The lowest BCUT2D eigenvalue weighted by Gasteiger charge is -2.41. The first-order valence-corrected chi connectivity index (χ1v) is 12.6. The van der Waals surface area contributed by atoms with Gasteiger partial charge in [-0.2, -0.15) is 5.10 Å². The largest absolute Gasteiger partial charge is 0.378 e. The van der Waals surface area contributed by atoms with Crippen LogP contribution in [-0.4, -0.2) is 82.8 Å². The molecule has 2 aromatic heterocycles. The first kappa shape index (κ1) is 21.9. The van der Waals surface area contributed by atoms with Crippen LogP contribution < -0.4 is 4.90 Å². The van der Waals surface area contributed by atoms with Crippen LogP contribution in [0.5, 0.6) is 0 Å². The van der Waals surface area contributed by atoms with Crippen molar-refractivity contribution in [3.8, 4) is 5.82 Å². The molecule has 3 fully saturated rings. The van der Waals surface area contributed by atoms with Crippen molar-refractivity contribution in [1.82, 2.24) is 24.6 Å². The Labute approximate surface area is 200 Å². The van der Waals surface area contributed by atoms with Gasteiger partial charge in [0.05, 0.1) is 43.7 Å². The van der Waals surface area contributed by atoms with Gasteiger partial charge in [-0.05, 0) is 75.9 Å². The summed E-state index contributed by atoms with van der Waals surface area (Å²) in [5.74, 6) is 3.12. The van der Waals surface area contributed by atoms with Crippen LogP contribution in [0.4, 0.5) is 5.82 Å². The standard InChI is InChI=1S/C26H34N6O2/c1-17-10-21-13-27-32(26-12-25(28-19(3)29-26)31-8-9-34-18(2)14-31)24(21)11-23(17)20-4-6-30(7-5-20)22-15-33-16-22/h10-13,18,20,22H,4-9,14-16H2,1-3H3. The highest BCUT2D eigenvalue weighted by atomic mass is 16.5. The summed E-state index contributed by atoms with van der Waals surface area (Å²) in [5.41, 5.74) is 3.93. The molecule has 0 saturated carbocycles. The number of rotatable bonds is 4. The Balaban J connectivity index is 1.31. The summed E-state index contributed by atoms with van der Waals surface area (Å²) in [6.45, 7) is 12.8. The lowest BCUT2D eigenvalue weighted by atomic mass is 9.85. The van der Waals surface area contributed by atoms with Crippen molar-refractivity contribution < 1.29 is 9.47 Å². The van der Waals surface area contributed by atoms with Crippen molar-refractivity contribution in [2.45, 2.75) is 51.7 Å². The monoisotopic (exact) mass is 462 g/mol. The Morgan fingerprint density at radius 1 is 0.971 bits per heavy atom. The van der Waals surface area contributed by atoms with Crippen LogP contribution in [0.25, 0.3) is 16.7 Å². The summed E-state index contributed by atoms with van der Waals surface area (Å²) in [6, 6.07) is 7.35. The Kier molecular flexibility index (Phi) is 5.75. The third kappa shape index (κ3) is 4.08. The number of nitrogens with zero attached hydrogens (tertiary/aromatic N) is 6. The van der Waals surface area contributed by atoms with E-state index in [4.69, 9.17) is 24.5 Å². The number of morpholine rings is 1. The maximum Gasteiger partial charge on any atom is 0.159 e. The highest BCUT2D eigenvalue weighted by molar-refractivity contribution is 5.82. The lowest BCUT2D eigenvalue weighted by molar-refractivity contribution is -0.0712. The van der Waals surface area contributed by atoms with Gasteiger partial charge < -0.3 is 14.4 Å². The maximum absolute atomic E-state index is 5.72. The minimum Gasteiger partial charge on any atom is -0.378 e. The van der Waals surface area contributed by atoms with E-state index in [1.54, 1.807) is 0 Å². The molecule has 0 bridgehead atoms. The molecule has 8 heteroatoms. The average Bonchev–Trinajstić information content (AvgIpc) is 3.20. The molecule has 1 unspecified atom stereocenters. The van der Waals surface area contributed by atoms with E-state index in [0.717, 1.165) is 74.4 Å². The van der Waals surface area contributed by atoms with E-state index in [1.165, 1.54) is 24.0 Å². The molecule has 1 atom stereocenters. The molecular weight excluding hydrogens is 428 g/mol. The number of piperidine rings is 1. The van der Waals surface area contributed by atoms with Gasteiger partial charge in [0.1, 0.15) is 11.6 Å². The fourth-order valence-electron chi connectivity index (χ4n) is 5.67. The van der Waals surface area contributed by atoms with Crippen molar-refractivity contribution in [2.24, 2.45) is 0 Å². The van der Waals surface area contributed by atoms with Gasteiger partial charge in [-0.15, -0.1) is 0 Å². The van der Waals surface area contributed by atoms with Gasteiger partial charge in [0.25, 0.3) is 0 Å². The van der Waals surface area contributed by atoms with E-state index in [9.17, 15) is 0 Å². The van der Waals surface area contributed by atoms with Crippen LogP contribution in [-0.2, 0) is 9.47 Å². The first-order chi connectivity index (χ1) is 16.5. The SMILES string of the molecule is Cc1nc(N2CCOC(C)C2)cc(-n2ncc3cc(C)c(C4CCN(C5COC5)CC4)cc32)n1. The zero-order valence-corrected chi connectivity index (χ0v) is 20.4. The van der Waals surface area contributed by atoms with Crippen LogP contribution in [0.3, 0.4) is 0 Å². The minimum absolute atomic E-state index is 0.201. The predicted octanol–water partition coefficient (Wildman–Crippen LogP) is 3.24. The molecule has 3 aliphatic heterocycles. The van der Waals surface area contributed by atoms with Crippen LogP contribution in [0, 0.1) is 13.8 Å². The number of benzene rings is 1. The van der Waals surface area contributed by atoms with E-state index < -0.39 is 0 Å². The second-order valence-corrected chi connectivity index (χ2v) is 10.1. The van der Waals surface area contributed by atoms with Crippen molar-refractivity contribution >= 4 is 16.7 Å². The molecule has 0 aliphatic carbocycles. The third-order valence-electron chi connectivity index (χ3n) is 7.66. The van der Waals surface area contributed by atoms with Crippen LogP contribution in [0.1, 0.15) is 42.6 Å². The van der Waals surface area contributed by atoms with Gasteiger partial charge >= 0.3 is 0 Å². The number of anilines is 1. The summed E-state index contributed by atoms with van der Waals surface area (Å²) in [6.07, 6.45) is 4.55. The van der Waals surface area contributed by atoms with Crippen molar-refractivity contribution in [1.29, 1.82) is 0 Å². The Morgan fingerprint density at radius 3 is 2.50 bits per heavy atom. The molecule has 3 aromatic rings. The summed E-state index contributed by atoms with van der Waals surface area (Å²) < 4.78 is 13.1. The van der Waals surface area contributed by atoms with E-state index in [1.807, 2.05) is 17.8 Å². The number of likely N-dealkylation sites (tertiary alicyclic amines) is 1. The molecule has 34 heavy (non-hydrogen) atoms. The minimum atomic E-state index is 0.201. The highest BCUT2D eigenvalue weighted by Crippen LogP contribution is 2.34. The van der Waals surface area contributed by atoms with E-state index in [-0.39, 0.29) is 6.10 Å². The second-order valence-electron chi connectivity index (χ2n) is 10.1. The number of hydrogen-bond donors (Lipinski definition) is 0. The molecule has 3 saturated heterocycles. The molecule has 5 heterocycles. The average molecular weight is 463 g/mol. The zero-order valence-electron chi connectivity index (χ0n) is 20.4. The first-order valence-electron chi connectivity index (χ1n) is 12.6. The third-order valence-corrected chi connectivity index (χ3v) is 7.66. The van der Waals surface area contributed by atoms with E-state index in [0.29, 0.717) is 12.0 Å². The fourth-order valence-corrected chi connectivity index (χ4v) is 5.67. The lowest BCUT2D eigenvalue weighted by Crippen LogP contribution is -2.51. The Hall–Kier alpha value is -2.55. The molecular formula is C26H34N6O2. The smallest absolute Gasteiger partial charge is 0.159 e. The molecule has 0 radical (unpaired) electrons. The quantitative estimate of drug-likeness (QED) is 0.590. The molecule has 180 valence electrons. The summed E-state index contributed by atoms with van der Waals surface area (Å²) in [4.78, 5) is 14.4. The van der Waals surface area contributed by atoms with Crippen LogP contribution in [0.2, 0.25) is 0 Å². The summed E-state index contributed by atoms with van der Waals surface area (Å²) >= 11 is 0. The molecule has 8 nitrogen and oxygen atoms in total. The van der Waals surface area contributed by atoms with Gasteiger partial charge in [-0.25, -0.2) is 14.6 Å². The van der Waals surface area contributed by atoms with Crippen LogP contribution >= 0.6 is 0 Å². The number of hydrogen-bond acceptors (Lipinski definition) is 7. The number of ether oxygens (including phenoxy) is 2. The Morgan fingerprint density at radius 2 is 1.76 bits per heavy atom. The van der Waals surface area contributed by atoms with E-state index >= 15 is 0 Å². The van der Waals surface area contributed by atoms with Gasteiger partial charge in [0.2, 0.25) is 0 Å². The maximum atomic E-state index is 5.72. The van der Waals surface area contributed by atoms with Gasteiger partial charge in [0, 0.05) is 24.5 Å². The molecule has 3 aliphatic rings. The second kappa shape index (κ2) is 8.91. The predicted molar refractivity (Wildman–Crippen MR) is 132 cm³/mol. The van der Waals surface area contributed by atoms with Gasteiger partial charge in [0.15, 0.2) is 5.82 Å². The van der Waals surface area contributed by atoms with Crippen molar-refractivity contribution in [3.05, 3.63) is 41.3 Å².